The monoisotopic (exact) mass is 453 g/mol. The molecule has 6 heteroatoms. The first-order chi connectivity index (χ1) is 13.7. The van der Waals surface area contributed by atoms with Gasteiger partial charge < -0.3 is 10.2 Å². The predicted molar refractivity (Wildman–Crippen MR) is 116 cm³/mol. The van der Waals surface area contributed by atoms with E-state index in [4.69, 9.17) is 21.6 Å². The summed E-state index contributed by atoms with van der Waals surface area (Å²) in [4.78, 5) is 0. The van der Waals surface area contributed by atoms with E-state index in [1.807, 2.05) is 60.7 Å². The van der Waals surface area contributed by atoms with Crippen molar-refractivity contribution in [3.05, 3.63) is 98.5 Å². The van der Waals surface area contributed by atoms with Crippen LogP contribution in [-0.4, -0.2) is 6.21 Å². The fraction of sp³-hybridized carbons (Fsp3) is 0.0909. The number of nitrogens with one attached hydrogen (secondary N) is 1. The first kappa shape index (κ1) is 19.9. The van der Waals surface area contributed by atoms with Crippen molar-refractivity contribution in [1.82, 2.24) is 5.43 Å². The molecular formula is C22H17BrClN3O. The average Bonchev–Trinajstić information content (AvgIpc) is 2.72. The van der Waals surface area contributed by atoms with Crippen molar-refractivity contribution >= 4 is 33.7 Å². The molecule has 140 valence electrons. The zero-order chi connectivity index (χ0) is 19.8. The van der Waals surface area contributed by atoms with Crippen LogP contribution >= 0.6 is 27.5 Å². The van der Waals surface area contributed by atoms with Crippen molar-refractivity contribution in [2.24, 2.45) is 5.10 Å². The van der Waals surface area contributed by atoms with Gasteiger partial charge in [0.15, 0.2) is 0 Å². The lowest BCUT2D eigenvalue weighted by Gasteiger charge is -2.10. The van der Waals surface area contributed by atoms with Gasteiger partial charge in [-0.3, -0.25) is 0 Å². The molecule has 28 heavy (non-hydrogen) atoms. The molecule has 0 aliphatic heterocycles. The van der Waals surface area contributed by atoms with E-state index in [9.17, 15) is 0 Å². The number of nitrogens with zero attached hydrogens (tertiary/aromatic N) is 2. The van der Waals surface area contributed by atoms with E-state index in [0.29, 0.717) is 24.5 Å². The van der Waals surface area contributed by atoms with Crippen LogP contribution in [0.4, 0.5) is 0 Å². The topological polar surface area (TPSA) is 57.4 Å². The van der Waals surface area contributed by atoms with Crippen LogP contribution in [0.3, 0.4) is 0 Å². The molecule has 0 fully saturated rings. The van der Waals surface area contributed by atoms with E-state index in [1.165, 1.54) is 0 Å². The number of ether oxygens (including phenoxy) is 1. The highest BCUT2D eigenvalue weighted by Gasteiger charge is 2.05. The lowest BCUT2D eigenvalue weighted by Crippen LogP contribution is -2.05. The summed E-state index contributed by atoms with van der Waals surface area (Å²) in [5, 5.41) is 14.1. The molecule has 0 aliphatic carbocycles. The lowest BCUT2D eigenvalue weighted by molar-refractivity contribution is 0.304. The van der Waals surface area contributed by atoms with E-state index < -0.39 is 0 Å². The van der Waals surface area contributed by atoms with Gasteiger partial charge in [0, 0.05) is 10.6 Å². The van der Waals surface area contributed by atoms with Crippen LogP contribution in [0.1, 0.15) is 22.3 Å². The zero-order valence-corrected chi connectivity index (χ0v) is 17.2. The SMILES string of the molecule is N#Cc1ccccc1COc1ccc(/C=N\NCc2ccc(Cl)cc2)cc1Br. The second-order valence-corrected chi connectivity index (χ2v) is 7.26. The number of rotatable bonds is 7. The number of benzene rings is 3. The Morgan fingerprint density at radius 2 is 1.89 bits per heavy atom. The number of nitriles is 1. The first-order valence-corrected chi connectivity index (χ1v) is 9.73. The van der Waals surface area contributed by atoms with Crippen LogP contribution < -0.4 is 10.2 Å². The molecule has 3 rings (SSSR count). The fourth-order valence-corrected chi connectivity index (χ4v) is 3.12. The summed E-state index contributed by atoms with van der Waals surface area (Å²) in [7, 11) is 0. The molecule has 3 aromatic rings. The van der Waals surface area contributed by atoms with E-state index >= 15 is 0 Å². The summed E-state index contributed by atoms with van der Waals surface area (Å²) >= 11 is 9.40. The Kier molecular flexibility index (Phi) is 7.07. The highest BCUT2D eigenvalue weighted by Crippen LogP contribution is 2.26. The molecule has 0 bridgehead atoms. The molecule has 0 heterocycles. The Balaban J connectivity index is 1.56. The largest absolute Gasteiger partial charge is 0.488 e. The van der Waals surface area contributed by atoms with Crippen molar-refractivity contribution in [3.63, 3.8) is 0 Å². The van der Waals surface area contributed by atoms with Gasteiger partial charge in [0.25, 0.3) is 0 Å². The van der Waals surface area contributed by atoms with E-state index in [1.54, 1.807) is 12.3 Å². The maximum atomic E-state index is 9.15. The Bertz CT molecular complexity index is 1010. The molecular weight excluding hydrogens is 438 g/mol. The summed E-state index contributed by atoms with van der Waals surface area (Å²) in [6, 6.07) is 22.9. The number of hydrogen-bond acceptors (Lipinski definition) is 4. The van der Waals surface area contributed by atoms with Crippen LogP contribution in [0, 0.1) is 11.3 Å². The van der Waals surface area contributed by atoms with Crippen LogP contribution in [0.5, 0.6) is 5.75 Å². The van der Waals surface area contributed by atoms with Crippen molar-refractivity contribution in [2.45, 2.75) is 13.2 Å². The number of hydrogen-bond donors (Lipinski definition) is 1. The molecule has 0 aromatic heterocycles. The minimum atomic E-state index is 0.332. The third-order valence-electron chi connectivity index (χ3n) is 3.98. The molecule has 0 unspecified atom stereocenters. The smallest absolute Gasteiger partial charge is 0.134 e. The predicted octanol–water partition coefficient (Wildman–Crippen LogP) is 5.68. The Morgan fingerprint density at radius 1 is 1.11 bits per heavy atom. The zero-order valence-electron chi connectivity index (χ0n) is 14.9. The molecule has 0 saturated heterocycles. The Labute approximate surface area is 177 Å². The second kappa shape index (κ2) is 9.93. The molecule has 0 aliphatic rings. The molecule has 1 N–H and O–H groups in total. The molecule has 0 saturated carbocycles. The second-order valence-electron chi connectivity index (χ2n) is 5.97. The maximum Gasteiger partial charge on any atom is 0.134 e. The standard InChI is InChI=1S/C22H17BrClN3O/c23-21-11-17(14-27-26-13-16-5-8-20(24)9-6-16)7-10-22(21)28-15-19-4-2-1-3-18(19)12-25/h1-11,14,26H,13,15H2/b27-14-. The van der Waals surface area contributed by atoms with Crippen molar-refractivity contribution < 1.29 is 4.74 Å². The molecule has 3 aromatic carbocycles. The normalized spacial score (nSPS) is 10.6. The third-order valence-corrected chi connectivity index (χ3v) is 4.85. The van der Waals surface area contributed by atoms with E-state index in [0.717, 1.165) is 26.2 Å². The van der Waals surface area contributed by atoms with E-state index in [2.05, 4.69) is 32.5 Å². The van der Waals surface area contributed by atoms with Crippen LogP contribution in [-0.2, 0) is 13.2 Å². The molecule has 0 atom stereocenters. The highest BCUT2D eigenvalue weighted by molar-refractivity contribution is 9.10. The molecule has 0 spiro atoms. The van der Waals surface area contributed by atoms with Crippen LogP contribution in [0.25, 0.3) is 0 Å². The first-order valence-electron chi connectivity index (χ1n) is 8.56. The summed E-state index contributed by atoms with van der Waals surface area (Å²) < 4.78 is 6.67. The summed E-state index contributed by atoms with van der Waals surface area (Å²) in [5.41, 5.74) is 6.52. The molecule has 0 radical (unpaired) electrons. The quantitative estimate of drug-likeness (QED) is 0.369. The van der Waals surface area contributed by atoms with Gasteiger partial charge in [-0.25, -0.2) is 0 Å². The van der Waals surface area contributed by atoms with Crippen molar-refractivity contribution in [1.29, 1.82) is 5.26 Å². The third kappa shape index (κ3) is 5.59. The van der Waals surface area contributed by atoms with E-state index in [-0.39, 0.29) is 0 Å². The summed E-state index contributed by atoms with van der Waals surface area (Å²) in [6.45, 7) is 0.951. The summed E-state index contributed by atoms with van der Waals surface area (Å²) in [6.07, 6.45) is 1.75. The number of hydrazone groups is 1. The van der Waals surface area contributed by atoms with Crippen molar-refractivity contribution in [3.8, 4) is 11.8 Å². The van der Waals surface area contributed by atoms with Gasteiger partial charge in [-0.05, 0) is 63.5 Å². The van der Waals surface area contributed by atoms with Gasteiger partial charge >= 0.3 is 0 Å². The minimum Gasteiger partial charge on any atom is -0.488 e. The van der Waals surface area contributed by atoms with Crippen LogP contribution in [0.15, 0.2) is 76.3 Å². The van der Waals surface area contributed by atoms with Gasteiger partial charge in [-0.1, -0.05) is 41.9 Å². The Morgan fingerprint density at radius 3 is 2.64 bits per heavy atom. The number of halogens is 2. The molecule has 4 nitrogen and oxygen atoms in total. The lowest BCUT2D eigenvalue weighted by atomic mass is 10.1. The average molecular weight is 455 g/mol. The molecule has 0 amide bonds. The van der Waals surface area contributed by atoms with Crippen LogP contribution in [0.2, 0.25) is 5.02 Å². The van der Waals surface area contributed by atoms with Gasteiger partial charge in [0.05, 0.1) is 28.9 Å². The maximum absolute atomic E-state index is 9.15. The van der Waals surface area contributed by atoms with Gasteiger partial charge in [0.2, 0.25) is 0 Å². The van der Waals surface area contributed by atoms with Crippen molar-refractivity contribution in [2.75, 3.05) is 0 Å². The summed E-state index contributed by atoms with van der Waals surface area (Å²) in [5.74, 6) is 0.707. The highest BCUT2D eigenvalue weighted by atomic mass is 79.9. The van der Waals surface area contributed by atoms with Gasteiger partial charge in [-0.2, -0.15) is 10.4 Å². The fourth-order valence-electron chi connectivity index (χ4n) is 2.48. The Hall–Kier alpha value is -2.81. The van der Waals surface area contributed by atoms with Gasteiger partial charge in [-0.15, -0.1) is 0 Å². The van der Waals surface area contributed by atoms with Gasteiger partial charge in [0.1, 0.15) is 12.4 Å². The minimum absolute atomic E-state index is 0.332.